The van der Waals surface area contributed by atoms with Crippen LogP contribution >= 0.6 is 0 Å². The van der Waals surface area contributed by atoms with Gasteiger partial charge >= 0.3 is 0 Å². The summed E-state index contributed by atoms with van der Waals surface area (Å²) in [6.07, 6.45) is -0.607. The van der Waals surface area contributed by atoms with Gasteiger partial charge in [0.2, 0.25) is 11.8 Å². The Labute approximate surface area is 363 Å². The van der Waals surface area contributed by atoms with Crippen LogP contribution in [0.4, 0.5) is 11.4 Å². The number of carbonyl (C=O) groups excluding carboxylic acids is 4. The number of anilines is 2. The molecule has 4 heterocycles. The fraction of sp³-hybridized carbons (Fsp3) is 0.216. The van der Waals surface area contributed by atoms with Gasteiger partial charge in [0.15, 0.2) is 23.0 Å². The van der Waals surface area contributed by atoms with Crippen LogP contribution in [0.5, 0.6) is 23.0 Å². The van der Waals surface area contributed by atoms with Gasteiger partial charge in [0.25, 0.3) is 0 Å². The van der Waals surface area contributed by atoms with Crippen LogP contribution in [-0.2, 0) is 30.3 Å². The van der Waals surface area contributed by atoms with E-state index in [2.05, 4.69) is 21.3 Å². The van der Waals surface area contributed by atoms with Crippen LogP contribution in [0.25, 0.3) is 0 Å². The predicted octanol–water partition coefficient (Wildman–Crippen LogP) is 7.13. The summed E-state index contributed by atoms with van der Waals surface area (Å²) in [7, 11) is 2.88. The fourth-order valence-electron chi connectivity index (χ4n) is 11.0. The third-order valence-corrected chi connectivity index (χ3v) is 13.6. The molecule has 8 unspecified atom stereocenters. The van der Waals surface area contributed by atoms with Crippen LogP contribution in [-0.4, -0.2) is 47.8 Å². The van der Waals surface area contributed by atoms with Crippen LogP contribution in [0.2, 0.25) is 0 Å². The first-order chi connectivity index (χ1) is 30.6. The lowest BCUT2D eigenvalue weighted by Crippen LogP contribution is -2.51. The van der Waals surface area contributed by atoms with Crippen molar-refractivity contribution in [2.75, 3.05) is 24.9 Å². The van der Waals surface area contributed by atoms with Gasteiger partial charge in [-0.3, -0.25) is 29.8 Å². The summed E-state index contributed by atoms with van der Waals surface area (Å²) in [5, 5.41) is 35.3. The van der Waals surface area contributed by atoms with Crippen LogP contribution in [0.1, 0.15) is 63.7 Å². The van der Waals surface area contributed by atoms with Gasteiger partial charge in [-0.1, -0.05) is 109 Å². The highest BCUT2D eigenvalue weighted by Crippen LogP contribution is 2.60. The summed E-state index contributed by atoms with van der Waals surface area (Å²) in [6.45, 7) is 0. The Morgan fingerprint density at radius 3 is 1.71 bits per heavy atom. The average molecular weight is 841 g/mol. The van der Waals surface area contributed by atoms with Crippen molar-refractivity contribution in [2.24, 2.45) is 11.8 Å². The summed E-state index contributed by atoms with van der Waals surface area (Å²) >= 11 is 0. The number of nitrogens with one attached hydrogen (secondary N) is 4. The molecule has 63 heavy (non-hydrogen) atoms. The van der Waals surface area contributed by atoms with E-state index in [1.807, 2.05) is 103 Å². The number of Topliss-reactive ketones (excluding diaryl/α,β-unsaturated/α-hetero) is 2. The zero-order chi connectivity index (χ0) is 43.6. The van der Waals surface area contributed by atoms with E-state index in [4.69, 9.17) is 9.47 Å². The Balaban J connectivity index is 1.15. The molecule has 4 aliphatic heterocycles. The fourth-order valence-corrected chi connectivity index (χ4v) is 11.0. The highest BCUT2D eigenvalue weighted by Gasteiger charge is 2.67. The van der Waals surface area contributed by atoms with Gasteiger partial charge in [-0.2, -0.15) is 0 Å². The van der Waals surface area contributed by atoms with E-state index in [1.54, 1.807) is 36.4 Å². The first kappa shape index (κ1) is 39.8. The minimum absolute atomic E-state index is 0.118. The third kappa shape index (κ3) is 6.04. The largest absolute Gasteiger partial charge is 0.504 e. The van der Waals surface area contributed by atoms with E-state index in [9.17, 15) is 19.8 Å². The molecule has 0 bridgehead atoms. The maximum atomic E-state index is 15.8. The van der Waals surface area contributed by atoms with Crippen molar-refractivity contribution < 1.29 is 38.9 Å². The number of hydrogen-bond acceptors (Lipinski definition) is 10. The Bertz CT molecular complexity index is 2820. The van der Waals surface area contributed by atoms with Crippen LogP contribution in [0, 0.1) is 11.8 Å². The number of ether oxygens (including phenoxy) is 2. The van der Waals surface area contributed by atoms with Crippen molar-refractivity contribution in [3.05, 3.63) is 179 Å². The number of amides is 2. The first-order valence-corrected chi connectivity index (χ1v) is 20.9. The van der Waals surface area contributed by atoms with Gasteiger partial charge in [0.05, 0.1) is 26.6 Å². The molecule has 6 aromatic rings. The molecule has 2 spiro atoms. The number of fused-ring (bicyclic) bond motifs is 4. The third-order valence-electron chi connectivity index (χ3n) is 13.6. The van der Waals surface area contributed by atoms with Gasteiger partial charge < -0.3 is 30.3 Å². The van der Waals surface area contributed by atoms with E-state index in [-0.39, 0.29) is 28.9 Å². The lowest BCUT2D eigenvalue weighted by Gasteiger charge is -2.33. The average Bonchev–Trinajstić information content (AvgIpc) is 4.02. The molecule has 12 heteroatoms. The van der Waals surface area contributed by atoms with E-state index in [0.717, 1.165) is 11.1 Å². The molecule has 4 aliphatic rings. The number of ketones is 2. The quantitative estimate of drug-likeness (QED) is 0.0779. The minimum Gasteiger partial charge on any atom is -0.504 e. The molecule has 8 atom stereocenters. The van der Waals surface area contributed by atoms with Gasteiger partial charge in [0.1, 0.15) is 22.6 Å². The molecule has 2 amide bonds. The molecule has 0 saturated carbocycles. The Kier molecular flexibility index (Phi) is 9.65. The maximum absolute atomic E-state index is 15.8. The molecule has 0 aliphatic carbocycles. The van der Waals surface area contributed by atoms with Crippen molar-refractivity contribution in [3.63, 3.8) is 0 Å². The standard InChI is InChI=1S/C51H44N4O8/c1-62-40-24-22-30(25-37(40)57)42-45(51(54-46(42)28-13-5-3-6-14-28)33-18-10-12-20-35(33)53-49(51)61)39(59)27-38(58)43-44(31-21-23-36(56)41(26-31)63-2)50(55-47(43)29-15-7-4-8-16-29)32-17-9-11-19-34(32)52-48(50)60/h3-26,42-47,54-57H,27H2,1-2H3,(H,52,60)(H,53,61). The van der Waals surface area contributed by atoms with E-state index >= 15 is 9.59 Å². The second-order valence-corrected chi connectivity index (χ2v) is 16.7. The Hall–Kier alpha value is -7.28. The summed E-state index contributed by atoms with van der Waals surface area (Å²) in [5.74, 6) is -5.52. The molecule has 0 aromatic heterocycles. The number of phenols is 2. The highest BCUT2D eigenvalue weighted by molar-refractivity contribution is 6.13. The SMILES string of the molecule is COc1ccc(C2C(c3ccccc3)NC3(C(=O)Nc4ccccc43)C2C(=O)CC(=O)C2C(c3ccccc3)NC3(C(=O)Nc4ccccc43)C2c2ccc(O)c(OC)c2)cc1O. The van der Waals surface area contributed by atoms with Crippen LogP contribution in [0.15, 0.2) is 146 Å². The number of aromatic hydroxyl groups is 2. The van der Waals surface area contributed by atoms with E-state index < -0.39 is 70.7 Å². The summed E-state index contributed by atoms with van der Waals surface area (Å²) in [5.41, 5.74) is 1.84. The summed E-state index contributed by atoms with van der Waals surface area (Å²) in [6, 6.07) is 41.8. The second kappa shape index (κ2) is 15.3. The van der Waals surface area contributed by atoms with Crippen molar-refractivity contribution in [1.82, 2.24) is 10.6 Å². The molecule has 6 aromatic carbocycles. The number of rotatable bonds is 10. The molecule has 6 N–H and O–H groups in total. The minimum atomic E-state index is -1.63. The number of phenolic OH excluding ortho intramolecular Hbond substituents is 2. The van der Waals surface area contributed by atoms with Crippen molar-refractivity contribution in [3.8, 4) is 23.0 Å². The van der Waals surface area contributed by atoms with E-state index in [0.29, 0.717) is 33.6 Å². The smallest absolute Gasteiger partial charge is 0.250 e. The van der Waals surface area contributed by atoms with Gasteiger partial charge in [-0.05, 0) is 58.7 Å². The maximum Gasteiger partial charge on any atom is 0.250 e. The molecule has 12 nitrogen and oxygen atoms in total. The van der Waals surface area contributed by atoms with Crippen molar-refractivity contribution in [1.29, 1.82) is 0 Å². The lowest BCUT2D eigenvalue weighted by atomic mass is 9.67. The molecule has 10 rings (SSSR count). The number of hydrogen-bond donors (Lipinski definition) is 6. The predicted molar refractivity (Wildman–Crippen MR) is 235 cm³/mol. The van der Waals surface area contributed by atoms with Gasteiger partial charge in [0, 0.05) is 52.3 Å². The van der Waals surface area contributed by atoms with Gasteiger partial charge in [-0.15, -0.1) is 0 Å². The molecule has 316 valence electrons. The normalized spacial score (nSPS) is 26.6. The molecule has 0 radical (unpaired) electrons. The summed E-state index contributed by atoms with van der Waals surface area (Å²) < 4.78 is 11.0. The zero-order valence-electron chi connectivity index (χ0n) is 34.4. The summed E-state index contributed by atoms with van der Waals surface area (Å²) in [4.78, 5) is 61.0. The molecule has 2 fully saturated rings. The van der Waals surface area contributed by atoms with Crippen LogP contribution in [0.3, 0.4) is 0 Å². The second-order valence-electron chi connectivity index (χ2n) is 16.7. The molecular formula is C51H44N4O8. The van der Waals surface area contributed by atoms with Crippen LogP contribution < -0.4 is 30.7 Å². The topological polar surface area (TPSA) is 175 Å². The molecule has 2 saturated heterocycles. The monoisotopic (exact) mass is 840 g/mol. The number of carbonyl (C=O) groups is 4. The Morgan fingerprint density at radius 2 is 1.10 bits per heavy atom. The number of para-hydroxylation sites is 2. The number of benzene rings is 6. The van der Waals surface area contributed by atoms with Crippen molar-refractivity contribution in [2.45, 2.75) is 41.4 Å². The molecular weight excluding hydrogens is 797 g/mol. The Morgan fingerprint density at radius 1 is 0.556 bits per heavy atom. The number of methoxy groups -OCH3 is 2. The lowest BCUT2D eigenvalue weighted by molar-refractivity contribution is -0.136. The first-order valence-electron chi connectivity index (χ1n) is 20.9. The van der Waals surface area contributed by atoms with E-state index in [1.165, 1.54) is 20.3 Å². The zero-order valence-corrected chi connectivity index (χ0v) is 34.4. The van der Waals surface area contributed by atoms with Crippen molar-refractivity contribution >= 4 is 34.8 Å². The highest BCUT2D eigenvalue weighted by atomic mass is 16.5. The van der Waals surface area contributed by atoms with Gasteiger partial charge in [-0.25, -0.2) is 0 Å².